The predicted octanol–water partition coefficient (Wildman–Crippen LogP) is 7.42. The fourth-order valence-corrected chi connectivity index (χ4v) is 8.54. The van der Waals surface area contributed by atoms with Gasteiger partial charge in [0.2, 0.25) is 5.91 Å². The number of hydrogen-bond acceptors (Lipinski definition) is 7. The number of rotatable bonds is 15. The van der Waals surface area contributed by atoms with E-state index in [1.165, 1.54) is 16.7 Å². The predicted molar refractivity (Wildman–Crippen MR) is 217 cm³/mol. The smallest absolute Gasteiger partial charge is 0.255 e. The fraction of sp³-hybridized carbons (Fsp3) is 0.391. The molecule has 3 heterocycles. The summed E-state index contributed by atoms with van der Waals surface area (Å²) in [5.74, 6) is 1.91. The molecule has 0 aromatic heterocycles. The average molecular weight is 743 g/mol. The summed E-state index contributed by atoms with van der Waals surface area (Å²) in [6, 6.07) is 28.2. The highest BCUT2D eigenvalue weighted by atomic mass is 16.5. The van der Waals surface area contributed by atoms with E-state index >= 15 is 0 Å². The number of nitrogens with zero attached hydrogens (tertiary/aromatic N) is 3. The number of carbonyl (C=O) groups excluding carboxylic acids is 2. The van der Waals surface area contributed by atoms with Gasteiger partial charge in [-0.1, -0.05) is 48.5 Å². The number of ether oxygens (including phenoxy) is 2. The maximum atomic E-state index is 13.2. The number of piperazine rings is 1. The largest absolute Gasteiger partial charge is 0.508 e. The van der Waals surface area contributed by atoms with E-state index in [1.807, 2.05) is 12.1 Å². The molecule has 4 aromatic carbocycles. The van der Waals surface area contributed by atoms with Crippen LogP contribution in [-0.2, 0) is 11.3 Å². The number of allylic oxidation sites excluding steroid dienone is 1. The lowest BCUT2D eigenvalue weighted by Gasteiger charge is -2.36. The van der Waals surface area contributed by atoms with Gasteiger partial charge in [0.15, 0.2) is 0 Å². The molecule has 3 aliphatic rings. The maximum absolute atomic E-state index is 13.2. The number of likely N-dealkylation sites (N-methyl/N-ethyl adjacent to an activating group) is 1. The molecule has 0 radical (unpaired) electrons. The molecule has 9 nitrogen and oxygen atoms in total. The summed E-state index contributed by atoms with van der Waals surface area (Å²) in [5, 5.41) is 12.8. The van der Waals surface area contributed by atoms with Crippen LogP contribution in [0.4, 0.5) is 5.69 Å². The van der Waals surface area contributed by atoms with Crippen molar-refractivity contribution in [3.63, 3.8) is 0 Å². The Morgan fingerprint density at radius 2 is 1.78 bits per heavy atom. The molecule has 0 bridgehead atoms. The number of aryl methyl sites for hydroxylation is 1. The van der Waals surface area contributed by atoms with Crippen LogP contribution in [0, 0.1) is 6.92 Å². The first-order chi connectivity index (χ1) is 26.8. The molecular formula is C46H54N4O5. The van der Waals surface area contributed by atoms with Crippen LogP contribution < -0.4 is 19.7 Å². The molecule has 2 N–H and O–H groups in total. The van der Waals surface area contributed by atoms with E-state index in [2.05, 4.69) is 89.3 Å². The van der Waals surface area contributed by atoms with Crippen LogP contribution in [-0.4, -0.2) is 85.7 Å². The zero-order chi connectivity index (χ0) is 38.3. The van der Waals surface area contributed by atoms with Crippen molar-refractivity contribution in [2.45, 2.75) is 63.5 Å². The maximum Gasteiger partial charge on any atom is 0.255 e. The number of benzene rings is 4. The topological polar surface area (TPSA) is 94.6 Å². The number of amides is 2. The molecule has 7 rings (SSSR count). The van der Waals surface area contributed by atoms with Crippen molar-refractivity contribution >= 4 is 17.5 Å². The van der Waals surface area contributed by atoms with Crippen LogP contribution in [0.15, 0.2) is 97.6 Å². The number of anilines is 1. The minimum absolute atomic E-state index is 0.0696. The second-order valence-electron chi connectivity index (χ2n) is 15.1. The standard InChI is InChI=1S/C46H54N4O5/c1-4-5-13-42(45(52)47-3)50-30-34-28-35(16-20-39(34)46(50)53)49-25-23-48(24-26-49)22-9-6-10-27-54-37-18-14-33(15-19-37)44-40-21-17-36(51)29-43(40)55-31-41(44)38-12-8-7-11-32(38)2/h4,7-8,11-12,14-21,28-29,41-42,44,51H,1,5-6,9-10,13,22-27,30-31H2,2-3H3,(H,47,52). The summed E-state index contributed by atoms with van der Waals surface area (Å²) in [6.07, 6.45) is 6.29. The second-order valence-corrected chi connectivity index (χ2v) is 15.1. The number of nitrogens with one attached hydrogen (secondary N) is 1. The number of phenols is 1. The normalized spacial score (nSPS) is 18.6. The molecule has 55 heavy (non-hydrogen) atoms. The van der Waals surface area contributed by atoms with E-state index < -0.39 is 6.04 Å². The summed E-state index contributed by atoms with van der Waals surface area (Å²) >= 11 is 0. The number of phenolic OH excluding ortho intramolecular Hbond substituents is 1. The number of carbonyl (C=O) groups is 2. The molecular weight excluding hydrogens is 689 g/mol. The van der Waals surface area contributed by atoms with Gasteiger partial charge in [-0.25, -0.2) is 0 Å². The Labute approximate surface area is 325 Å². The molecule has 1 fully saturated rings. The van der Waals surface area contributed by atoms with E-state index in [0.717, 1.165) is 80.3 Å². The van der Waals surface area contributed by atoms with Gasteiger partial charge in [-0.05, 0) is 104 Å². The lowest BCUT2D eigenvalue weighted by molar-refractivity contribution is -0.125. The van der Waals surface area contributed by atoms with E-state index in [0.29, 0.717) is 38.2 Å². The summed E-state index contributed by atoms with van der Waals surface area (Å²) in [4.78, 5) is 32.5. The van der Waals surface area contributed by atoms with Crippen LogP contribution in [0.3, 0.4) is 0 Å². The van der Waals surface area contributed by atoms with Crippen molar-refractivity contribution in [1.82, 2.24) is 15.1 Å². The van der Waals surface area contributed by atoms with E-state index in [9.17, 15) is 14.7 Å². The van der Waals surface area contributed by atoms with Gasteiger partial charge >= 0.3 is 0 Å². The Hall–Kier alpha value is -5.28. The average Bonchev–Trinajstić information content (AvgIpc) is 3.54. The number of unbranched alkanes of at least 4 members (excludes halogenated alkanes) is 2. The lowest BCUT2D eigenvalue weighted by atomic mass is 9.75. The van der Waals surface area contributed by atoms with Crippen molar-refractivity contribution in [1.29, 1.82) is 0 Å². The third-order valence-corrected chi connectivity index (χ3v) is 11.6. The van der Waals surface area contributed by atoms with Gasteiger partial charge in [-0.3, -0.25) is 14.5 Å². The quantitative estimate of drug-likeness (QED) is 0.0968. The minimum atomic E-state index is -0.495. The third kappa shape index (κ3) is 8.52. The third-order valence-electron chi connectivity index (χ3n) is 11.6. The van der Waals surface area contributed by atoms with Crippen LogP contribution >= 0.6 is 0 Å². The van der Waals surface area contributed by atoms with Crippen LogP contribution in [0.5, 0.6) is 17.2 Å². The van der Waals surface area contributed by atoms with Gasteiger partial charge in [-0.2, -0.15) is 0 Å². The van der Waals surface area contributed by atoms with E-state index in [1.54, 1.807) is 30.2 Å². The van der Waals surface area contributed by atoms with Crippen molar-refractivity contribution in [3.05, 3.63) is 131 Å². The molecule has 288 valence electrons. The Kier molecular flexibility index (Phi) is 12.1. The molecule has 0 spiro atoms. The SMILES string of the molecule is C=CCCC(C(=O)NC)N1Cc2cc(N3CCN(CCCCCOc4ccc(C5c6ccc(O)cc6OCC5c5ccccc5C)cc4)CC3)ccc2C1=O. The number of fused-ring (bicyclic) bond motifs is 2. The van der Waals surface area contributed by atoms with Gasteiger partial charge in [0, 0.05) is 74.5 Å². The Morgan fingerprint density at radius 3 is 2.55 bits per heavy atom. The Bertz CT molecular complexity index is 1970. The highest BCUT2D eigenvalue weighted by Crippen LogP contribution is 2.47. The number of hydrogen-bond donors (Lipinski definition) is 2. The molecule has 4 aromatic rings. The van der Waals surface area contributed by atoms with Gasteiger partial charge in [0.1, 0.15) is 23.3 Å². The molecule has 3 aliphatic heterocycles. The second kappa shape index (κ2) is 17.5. The van der Waals surface area contributed by atoms with Gasteiger partial charge < -0.3 is 29.7 Å². The zero-order valence-electron chi connectivity index (χ0n) is 32.2. The summed E-state index contributed by atoms with van der Waals surface area (Å²) in [7, 11) is 1.62. The molecule has 1 saturated heterocycles. The van der Waals surface area contributed by atoms with Crippen LogP contribution in [0.25, 0.3) is 0 Å². The molecule has 3 atom stereocenters. The lowest BCUT2D eigenvalue weighted by Crippen LogP contribution is -2.46. The molecule has 9 heteroatoms. The van der Waals surface area contributed by atoms with Crippen molar-refractivity contribution in [2.75, 3.05) is 57.9 Å². The Balaban J connectivity index is 0.853. The van der Waals surface area contributed by atoms with Crippen molar-refractivity contribution in [2.24, 2.45) is 0 Å². The molecule has 0 aliphatic carbocycles. The Morgan fingerprint density at radius 1 is 0.982 bits per heavy atom. The van der Waals surface area contributed by atoms with Gasteiger partial charge in [0.05, 0.1) is 13.2 Å². The zero-order valence-corrected chi connectivity index (χ0v) is 32.2. The first-order valence-corrected chi connectivity index (χ1v) is 19.8. The fourth-order valence-electron chi connectivity index (χ4n) is 8.54. The monoisotopic (exact) mass is 742 g/mol. The highest BCUT2D eigenvalue weighted by molar-refractivity contribution is 6.01. The summed E-state index contributed by atoms with van der Waals surface area (Å²) in [6.45, 7) is 12.6. The first-order valence-electron chi connectivity index (χ1n) is 19.8. The van der Waals surface area contributed by atoms with Crippen molar-refractivity contribution in [3.8, 4) is 17.2 Å². The van der Waals surface area contributed by atoms with Crippen LogP contribution in [0.1, 0.15) is 82.1 Å². The van der Waals surface area contributed by atoms with Crippen LogP contribution in [0.2, 0.25) is 0 Å². The molecule has 0 saturated carbocycles. The first kappa shape index (κ1) is 38.0. The van der Waals surface area contributed by atoms with Gasteiger partial charge in [0.25, 0.3) is 5.91 Å². The minimum Gasteiger partial charge on any atom is -0.508 e. The molecule has 2 amide bonds. The highest BCUT2D eigenvalue weighted by Gasteiger charge is 2.37. The summed E-state index contributed by atoms with van der Waals surface area (Å²) < 4.78 is 12.4. The van der Waals surface area contributed by atoms with E-state index in [-0.39, 0.29) is 29.4 Å². The molecule has 3 unspecified atom stereocenters. The van der Waals surface area contributed by atoms with Gasteiger partial charge in [-0.15, -0.1) is 6.58 Å². The van der Waals surface area contributed by atoms with Crippen molar-refractivity contribution < 1.29 is 24.2 Å². The number of aromatic hydroxyl groups is 1. The van der Waals surface area contributed by atoms with E-state index in [4.69, 9.17) is 9.47 Å². The summed E-state index contributed by atoms with van der Waals surface area (Å²) in [5.41, 5.74) is 7.68.